The first kappa shape index (κ1) is 17.3. The van der Waals surface area contributed by atoms with Gasteiger partial charge in [-0.3, -0.25) is 4.90 Å². The van der Waals surface area contributed by atoms with E-state index in [1.165, 1.54) is 72.7 Å². The number of hydrogen-bond donors (Lipinski definition) is 0. The average molecular weight is 374 g/mol. The van der Waals surface area contributed by atoms with Gasteiger partial charge in [-0.1, -0.05) is 18.3 Å². The Morgan fingerprint density at radius 3 is 2.60 bits per heavy atom. The van der Waals surface area contributed by atoms with E-state index in [0.717, 1.165) is 19.5 Å². The van der Waals surface area contributed by atoms with Crippen LogP contribution in [-0.4, -0.2) is 60.6 Å². The SMILES string of the molecule is S=C1CCCN1CCCCN1CCN(c2cccc3sccc23)CC1. The molecule has 0 spiro atoms. The van der Waals surface area contributed by atoms with Crippen LogP contribution in [0.5, 0.6) is 0 Å². The fraction of sp³-hybridized carbons (Fsp3) is 0.550. The van der Waals surface area contributed by atoms with E-state index in [1.807, 2.05) is 11.3 Å². The molecule has 25 heavy (non-hydrogen) atoms. The normalized spacial score (nSPS) is 19.3. The second kappa shape index (κ2) is 8.02. The molecule has 3 nitrogen and oxygen atoms in total. The molecule has 0 unspecified atom stereocenters. The number of likely N-dealkylation sites (tertiary alicyclic amines) is 1. The van der Waals surface area contributed by atoms with E-state index in [-0.39, 0.29) is 0 Å². The second-order valence-corrected chi connectivity index (χ2v) is 8.55. The largest absolute Gasteiger partial charge is 0.368 e. The molecule has 3 heterocycles. The zero-order valence-corrected chi connectivity index (χ0v) is 16.5. The summed E-state index contributed by atoms with van der Waals surface area (Å²) >= 11 is 7.25. The van der Waals surface area contributed by atoms with Gasteiger partial charge in [0.2, 0.25) is 0 Å². The van der Waals surface area contributed by atoms with Gasteiger partial charge in [-0.15, -0.1) is 11.3 Å². The van der Waals surface area contributed by atoms with E-state index >= 15 is 0 Å². The maximum absolute atomic E-state index is 5.41. The van der Waals surface area contributed by atoms with E-state index in [4.69, 9.17) is 12.2 Å². The molecule has 0 radical (unpaired) electrons. The fourth-order valence-corrected chi connectivity index (χ4v) is 5.18. The molecule has 0 aliphatic carbocycles. The number of piperazine rings is 1. The second-order valence-electron chi connectivity index (χ2n) is 7.13. The third-order valence-electron chi connectivity index (χ3n) is 5.51. The summed E-state index contributed by atoms with van der Waals surface area (Å²) in [6, 6.07) is 8.98. The monoisotopic (exact) mass is 373 g/mol. The predicted molar refractivity (Wildman–Crippen MR) is 113 cm³/mol. The van der Waals surface area contributed by atoms with E-state index in [0.29, 0.717) is 0 Å². The van der Waals surface area contributed by atoms with Crippen LogP contribution >= 0.6 is 23.6 Å². The number of hydrogen-bond acceptors (Lipinski definition) is 4. The topological polar surface area (TPSA) is 9.72 Å². The third kappa shape index (κ3) is 3.99. The molecule has 1 aromatic carbocycles. The van der Waals surface area contributed by atoms with Crippen molar-refractivity contribution in [2.24, 2.45) is 0 Å². The summed E-state index contributed by atoms with van der Waals surface area (Å²) in [5.41, 5.74) is 1.42. The quantitative estimate of drug-likeness (QED) is 0.553. The number of benzene rings is 1. The van der Waals surface area contributed by atoms with E-state index in [9.17, 15) is 0 Å². The Hall–Kier alpha value is -1.17. The maximum Gasteiger partial charge on any atom is 0.0779 e. The molecule has 2 saturated heterocycles. The summed E-state index contributed by atoms with van der Waals surface area (Å²) in [4.78, 5) is 8.80. The number of nitrogens with zero attached hydrogens (tertiary/aromatic N) is 3. The summed E-state index contributed by atoms with van der Waals surface area (Å²) in [6.07, 6.45) is 4.96. The number of anilines is 1. The van der Waals surface area contributed by atoms with Gasteiger partial charge in [-0.2, -0.15) is 0 Å². The molecule has 0 N–H and O–H groups in total. The highest BCUT2D eigenvalue weighted by molar-refractivity contribution is 7.80. The van der Waals surface area contributed by atoms with Gasteiger partial charge in [0, 0.05) is 55.0 Å². The Morgan fingerprint density at radius 1 is 0.960 bits per heavy atom. The van der Waals surface area contributed by atoms with Crippen LogP contribution in [-0.2, 0) is 0 Å². The summed E-state index contributed by atoms with van der Waals surface area (Å²) in [7, 11) is 0. The number of thiophene rings is 1. The van der Waals surface area contributed by atoms with Gasteiger partial charge in [-0.05, 0) is 55.8 Å². The lowest BCUT2D eigenvalue weighted by Crippen LogP contribution is -2.46. The van der Waals surface area contributed by atoms with Gasteiger partial charge in [0.25, 0.3) is 0 Å². The van der Waals surface area contributed by atoms with Crippen molar-refractivity contribution in [3.05, 3.63) is 29.6 Å². The Labute approximate surface area is 160 Å². The van der Waals surface area contributed by atoms with E-state index in [2.05, 4.69) is 44.3 Å². The zero-order chi connectivity index (χ0) is 17.1. The highest BCUT2D eigenvalue weighted by atomic mass is 32.1. The van der Waals surface area contributed by atoms with Crippen LogP contribution < -0.4 is 4.90 Å². The Bertz CT molecular complexity index is 719. The van der Waals surface area contributed by atoms with Gasteiger partial charge in [0.15, 0.2) is 0 Å². The standard InChI is InChI=1S/C20H27N3S2/c24-20-7-4-11-23(20)10-2-1-9-21-12-14-22(15-13-21)18-5-3-6-19-17(18)8-16-25-19/h3,5-6,8,16H,1-2,4,7,9-15H2. The van der Waals surface area contributed by atoms with Crippen molar-refractivity contribution in [3.63, 3.8) is 0 Å². The number of fused-ring (bicyclic) bond motifs is 1. The zero-order valence-electron chi connectivity index (χ0n) is 14.8. The molecular formula is C20H27N3S2. The molecule has 2 aliphatic heterocycles. The highest BCUT2D eigenvalue weighted by Crippen LogP contribution is 2.31. The van der Waals surface area contributed by atoms with E-state index in [1.54, 1.807) is 0 Å². The van der Waals surface area contributed by atoms with Crippen molar-refractivity contribution in [1.29, 1.82) is 0 Å². The molecular weight excluding hydrogens is 346 g/mol. The Kier molecular flexibility index (Phi) is 5.54. The first-order valence-corrected chi connectivity index (χ1v) is 10.8. The van der Waals surface area contributed by atoms with E-state index < -0.39 is 0 Å². The highest BCUT2D eigenvalue weighted by Gasteiger charge is 2.19. The lowest BCUT2D eigenvalue weighted by atomic mass is 10.1. The fourth-order valence-electron chi connectivity index (χ4n) is 4.04. The maximum atomic E-state index is 5.41. The Balaban J connectivity index is 1.22. The van der Waals surface area contributed by atoms with Gasteiger partial charge >= 0.3 is 0 Å². The molecule has 2 aliphatic rings. The summed E-state index contributed by atoms with van der Waals surface area (Å²) in [5, 5.41) is 3.62. The minimum atomic E-state index is 1.13. The average Bonchev–Trinajstić information content (AvgIpc) is 3.28. The molecule has 0 amide bonds. The third-order valence-corrected chi connectivity index (χ3v) is 6.85. The first-order chi connectivity index (χ1) is 12.3. The number of rotatable bonds is 6. The first-order valence-electron chi connectivity index (χ1n) is 9.52. The van der Waals surface area contributed by atoms with Crippen molar-refractivity contribution in [2.45, 2.75) is 25.7 Å². The molecule has 1 aromatic heterocycles. The molecule has 0 bridgehead atoms. The van der Waals surface area contributed by atoms with Crippen LogP contribution in [0.1, 0.15) is 25.7 Å². The van der Waals surface area contributed by atoms with Crippen molar-refractivity contribution in [1.82, 2.24) is 9.80 Å². The van der Waals surface area contributed by atoms with Crippen molar-refractivity contribution in [2.75, 3.05) is 50.7 Å². The summed E-state index contributed by atoms with van der Waals surface area (Å²) < 4.78 is 1.40. The molecule has 0 atom stereocenters. The van der Waals surface area contributed by atoms with Crippen LogP contribution in [0.4, 0.5) is 5.69 Å². The van der Waals surface area contributed by atoms with Crippen LogP contribution in [0.3, 0.4) is 0 Å². The molecule has 5 heteroatoms. The lowest BCUT2D eigenvalue weighted by molar-refractivity contribution is 0.250. The van der Waals surface area contributed by atoms with Crippen LogP contribution in [0, 0.1) is 0 Å². The molecule has 2 aromatic rings. The lowest BCUT2D eigenvalue weighted by Gasteiger charge is -2.36. The van der Waals surface area contributed by atoms with Crippen molar-refractivity contribution >= 4 is 44.3 Å². The molecule has 2 fully saturated rings. The van der Waals surface area contributed by atoms with Gasteiger partial charge in [0.05, 0.1) is 4.99 Å². The predicted octanol–water partition coefficient (Wildman–Crippen LogP) is 4.23. The van der Waals surface area contributed by atoms with Crippen LogP contribution in [0.15, 0.2) is 29.6 Å². The van der Waals surface area contributed by atoms with Gasteiger partial charge in [0.1, 0.15) is 0 Å². The molecule has 0 saturated carbocycles. The van der Waals surface area contributed by atoms with Crippen molar-refractivity contribution in [3.8, 4) is 0 Å². The van der Waals surface area contributed by atoms with Crippen LogP contribution in [0.25, 0.3) is 10.1 Å². The van der Waals surface area contributed by atoms with Gasteiger partial charge < -0.3 is 9.80 Å². The summed E-state index contributed by atoms with van der Waals surface area (Å²) in [6.45, 7) is 8.24. The molecule has 4 rings (SSSR count). The Morgan fingerprint density at radius 2 is 1.80 bits per heavy atom. The smallest absolute Gasteiger partial charge is 0.0779 e. The minimum Gasteiger partial charge on any atom is -0.368 e. The van der Waals surface area contributed by atoms with Crippen molar-refractivity contribution < 1.29 is 0 Å². The van der Waals surface area contributed by atoms with Crippen LogP contribution in [0.2, 0.25) is 0 Å². The molecule has 134 valence electrons. The van der Waals surface area contributed by atoms with Gasteiger partial charge in [-0.25, -0.2) is 0 Å². The number of unbranched alkanes of at least 4 members (excludes halogenated alkanes) is 1. The minimum absolute atomic E-state index is 1.13. The number of thiocarbonyl (C=S) groups is 1. The summed E-state index contributed by atoms with van der Waals surface area (Å²) in [5.74, 6) is 0.